The molecule has 0 fully saturated rings. The molecule has 2 heteroatoms. The van der Waals surface area contributed by atoms with E-state index >= 15 is 0 Å². The van der Waals surface area contributed by atoms with E-state index in [1.54, 1.807) is 12.4 Å². The summed E-state index contributed by atoms with van der Waals surface area (Å²) in [4.78, 5) is 14.9. The number of rotatable bonds is 2. The van der Waals surface area contributed by atoms with Crippen molar-refractivity contribution in [3.05, 3.63) is 53.3 Å². The number of carbonyl (C=O) groups excluding carboxylic acids is 1. The third-order valence-electron chi connectivity index (χ3n) is 2.74. The Labute approximate surface area is 95.0 Å². The van der Waals surface area contributed by atoms with Gasteiger partial charge in [-0.1, -0.05) is 29.8 Å². The minimum atomic E-state index is 0.651. The maximum Gasteiger partial charge on any atom is 0.151 e. The van der Waals surface area contributed by atoms with Gasteiger partial charge in [-0.25, -0.2) is 0 Å². The minimum absolute atomic E-state index is 0.651. The summed E-state index contributed by atoms with van der Waals surface area (Å²) in [7, 11) is 0. The second-order valence-electron chi connectivity index (χ2n) is 3.89. The van der Waals surface area contributed by atoms with Gasteiger partial charge in [-0.05, 0) is 25.0 Å². The van der Waals surface area contributed by atoms with Crippen LogP contribution in [-0.4, -0.2) is 11.3 Å². The highest BCUT2D eigenvalue weighted by Crippen LogP contribution is 2.24. The van der Waals surface area contributed by atoms with Crippen molar-refractivity contribution in [3.63, 3.8) is 0 Å². The van der Waals surface area contributed by atoms with Gasteiger partial charge >= 0.3 is 0 Å². The van der Waals surface area contributed by atoms with Crippen LogP contribution in [-0.2, 0) is 0 Å². The molecule has 0 N–H and O–H groups in total. The second-order valence-corrected chi connectivity index (χ2v) is 3.89. The Morgan fingerprint density at radius 2 is 1.75 bits per heavy atom. The molecule has 16 heavy (non-hydrogen) atoms. The third kappa shape index (κ3) is 1.87. The number of aldehydes is 1. The number of hydrogen-bond donors (Lipinski definition) is 0. The van der Waals surface area contributed by atoms with Gasteiger partial charge in [0, 0.05) is 23.5 Å². The first-order valence-corrected chi connectivity index (χ1v) is 5.19. The molecule has 2 rings (SSSR count). The lowest BCUT2D eigenvalue weighted by atomic mass is 9.99. The smallest absolute Gasteiger partial charge is 0.151 e. The molecule has 0 atom stereocenters. The molecular weight excluding hydrogens is 198 g/mol. The number of hydrogen-bond acceptors (Lipinski definition) is 2. The lowest BCUT2D eigenvalue weighted by Crippen LogP contribution is -1.92. The predicted molar refractivity (Wildman–Crippen MR) is 64.5 cm³/mol. The van der Waals surface area contributed by atoms with Gasteiger partial charge in [0.15, 0.2) is 6.29 Å². The van der Waals surface area contributed by atoms with Crippen LogP contribution in [0.2, 0.25) is 0 Å². The fourth-order valence-corrected chi connectivity index (χ4v) is 1.68. The summed E-state index contributed by atoms with van der Waals surface area (Å²) in [6.45, 7) is 4.00. The fraction of sp³-hybridized carbons (Fsp3) is 0.143. The van der Waals surface area contributed by atoms with Gasteiger partial charge in [0.05, 0.1) is 0 Å². The zero-order valence-corrected chi connectivity index (χ0v) is 9.40. The number of aryl methyl sites for hydroxylation is 1. The zero-order valence-electron chi connectivity index (χ0n) is 9.40. The topological polar surface area (TPSA) is 30.0 Å². The highest BCUT2D eigenvalue weighted by atomic mass is 16.1. The number of aromatic nitrogens is 1. The maximum absolute atomic E-state index is 10.8. The van der Waals surface area contributed by atoms with Crippen LogP contribution in [0.3, 0.4) is 0 Å². The molecule has 0 aliphatic carbocycles. The van der Waals surface area contributed by atoms with Gasteiger partial charge in [0.1, 0.15) is 0 Å². The molecule has 2 aromatic rings. The fourth-order valence-electron chi connectivity index (χ4n) is 1.68. The van der Waals surface area contributed by atoms with E-state index in [9.17, 15) is 4.79 Å². The number of benzene rings is 1. The molecule has 0 radical (unpaired) electrons. The summed E-state index contributed by atoms with van der Waals surface area (Å²) in [6, 6.07) is 8.21. The van der Waals surface area contributed by atoms with Crippen molar-refractivity contribution in [1.82, 2.24) is 4.98 Å². The molecule has 0 aliphatic rings. The molecule has 1 aromatic heterocycles. The molecule has 2 nitrogen and oxygen atoms in total. The summed E-state index contributed by atoms with van der Waals surface area (Å²) in [5.74, 6) is 0. The van der Waals surface area contributed by atoms with E-state index in [0.29, 0.717) is 5.56 Å². The molecule has 0 bridgehead atoms. The van der Waals surface area contributed by atoms with Crippen molar-refractivity contribution in [2.75, 3.05) is 0 Å². The van der Waals surface area contributed by atoms with E-state index in [4.69, 9.17) is 0 Å². The van der Waals surface area contributed by atoms with Crippen LogP contribution in [0.5, 0.6) is 0 Å². The van der Waals surface area contributed by atoms with Crippen LogP contribution in [0.4, 0.5) is 0 Å². The molecule has 0 saturated heterocycles. The van der Waals surface area contributed by atoms with E-state index in [1.807, 2.05) is 19.1 Å². The second kappa shape index (κ2) is 4.27. The van der Waals surface area contributed by atoms with Gasteiger partial charge in [-0.3, -0.25) is 9.78 Å². The van der Waals surface area contributed by atoms with Crippen LogP contribution >= 0.6 is 0 Å². The molecule has 80 valence electrons. The average molecular weight is 211 g/mol. The summed E-state index contributed by atoms with van der Waals surface area (Å²) < 4.78 is 0. The molecule has 0 aliphatic heterocycles. The van der Waals surface area contributed by atoms with E-state index in [1.165, 1.54) is 5.56 Å². The Hall–Kier alpha value is -1.96. The van der Waals surface area contributed by atoms with Crippen molar-refractivity contribution in [3.8, 4) is 11.1 Å². The molecule has 1 aromatic carbocycles. The van der Waals surface area contributed by atoms with Crippen molar-refractivity contribution in [2.45, 2.75) is 13.8 Å². The number of pyridine rings is 1. The van der Waals surface area contributed by atoms with Crippen LogP contribution < -0.4 is 0 Å². The summed E-state index contributed by atoms with van der Waals surface area (Å²) >= 11 is 0. The lowest BCUT2D eigenvalue weighted by molar-refractivity contribution is 0.112. The number of carbonyl (C=O) groups is 1. The predicted octanol–water partition coefficient (Wildman–Crippen LogP) is 3.18. The quantitative estimate of drug-likeness (QED) is 0.714. The Kier molecular flexibility index (Phi) is 2.82. The number of nitrogens with zero attached hydrogens (tertiary/aromatic N) is 1. The highest BCUT2D eigenvalue weighted by molar-refractivity contribution is 5.81. The first-order chi connectivity index (χ1) is 7.72. The molecule has 0 spiro atoms. The summed E-state index contributed by atoms with van der Waals surface area (Å²) in [6.07, 6.45) is 4.24. The maximum atomic E-state index is 10.8. The molecule has 1 heterocycles. The first kappa shape index (κ1) is 10.6. The van der Waals surface area contributed by atoms with Crippen LogP contribution in [0, 0.1) is 13.8 Å². The standard InChI is InChI=1S/C14H13NO/c1-10-3-5-12(6-4-10)14-8-15-7-13(9-16)11(14)2/h3-9H,1-2H3. The minimum Gasteiger partial charge on any atom is -0.298 e. The Morgan fingerprint density at radius 1 is 1.06 bits per heavy atom. The largest absolute Gasteiger partial charge is 0.298 e. The molecule has 0 amide bonds. The SMILES string of the molecule is Cc1ccc(-c2cncc(C=O)c2C)cc1. The Balaban J connectivity index is 2.56. The normalized spacial score (nSPS) is 10.1. The summed E-state index contributed by atoms with van der Waals surface area (Å²) in [5, 5.41) is 0. The molecule has 0 unspecified atom stereocenters. The zero-order chi connectivity index (χ0) is 11.5. The lowest BCUT2D eigenvalue weighted by Gasteiger charge is -2.07. The van der Waals surface area contributed by atoms with Crippen molar-refractivity contribution < 1.29 is 4.79 Å². The van der Waals surface area contributed by atoms with E-state index in [-0.39, 0.29) is 0 Å². The van der Waals surface area contributed by atoms with Gasteiger partial charge in [-0.2, -0.15) is 0 Å². The molecular formula is C14H13NO. The highest BCUT2D eigenvalue weighted by Gasteiger charge is 2.05. The molecule has 0 saturated carbocycles. The van der Waals surface area contributed by atoms with Gasteiger partial charge in [0.2, 0.25) is 0 Å². The van der Waals surface area contributed by atoms with Crippen molar-refractivity contribution in [2.24, 2.45) is 0 Å². The van der Waals surface area contributed by atoms with Crippen molar-refractivity contribution in [1.29, 1.82) is 0 Å². The van der Waals surface area contributed by atoms with Crippen LogP contribution in [0.15, 0.2) is 36.7 Å². The third-order valence-corrected chi connectivity index (χ3v) is 2.74. The van der Waals surface area contributed by atoms with Gasteiger partial charge in [0.25, 0.3) is 0 Å². The Morgan fingerprint density at radius 3 is 2.38 bits per heavy atom. The van der Waals surface area contributed by atoms with E-state index in [0.717, 1.165) is 23.0 Å². The van der Waals surface area contributed by atoms with Crippen LogP contribution in [0.1, 0.15) is 21.5 Å². The van der Waals surface area contributed by atoms with E-state index in [2.05, 4.69) is 24.0 Å². The van der Waals surface area contributed by atoms with E-state index < -0.39 is 0 Å². The average Bonchev–Trinajstić information content (AvgIpc) is 2.31. The van der Waals surface area contributed by atoms with Crippen LogP contribution in [0.25, 0.3) is 11.1 Å². The summed E-state index contributed by atoms with van der Waals surface area (Å²) in [5.41, 5.74) is 4.97. The first-order valence-electron chi connectivity index (χ1n) is 5.19. The van der Waals surface area contributed by atoms with Crippen molar-refractivity contribution >= 4 is 6.29 Å². The van der Waals surface area contributed by atoms with Gasteiger partial charge < -0.3 is 0 Å². The Bertz CT molecular complexity index is 515. The van der Waals surface area contributed by atoms with Gasteiger partial charge in [-0.15, -0.1) is 0 Å². The monoisotopic (exact) mass is 211 g/mol.